The van der Waals surface area contributed by atoms with Gasteiger partial charge >= 0.3 is 5.97 Å². The average Bonchev–Trinajstić information content (AvgIpc) is 2.15. The minimum absolute atomic E-state index is 0.355. The third kappa shape index (κ3) is 2.86. The zero-order valence-electron chi connectivity index (χ0n) is 7.42. The topological polar surface area (TPSA) is 26.3 Å². The Kier molecular flexibility index (Phi) is 3.43. The van der Waals surface area contributed by atoms with Gasteiger partial charge in [-0.15, -0.1) is 0 Å². The number of benzene rings is 1. The van der Waals surface area contributed by atoms with Crippen LogP contribution in [-0.2, 0) is 4.74 Å². The summed E-state index contributed by atoms with van der Waals surface area (Å²) in [4.78, 5) is 11.2. The lowest BCUT2D eigenvalue weighted by Gasteiger charge is -2.01. The number of rotatable bonds is 3. The van der Waals surface area contributed by atoms with Crippen LogP contribution in [0.5, 0.6) is 0 Å². The van der Waals surface area contributed by atoms with E-state index < -0.39 is 5.97 Å². The second kappa shape index (κ2) is 4.60. The zero-order valence-corrected chi connectivity index (χ0v) is 7.42. The van der Waals surface area contributed by atoms with E-state index in [9.17, 15) is 9.18 Å². The monoisotopic (exact) mass is 182 g/mol. The zero-order chi connectivity index (χ0) is 9.68. The van der Waals surface area contributed by atoms with E-state index in [2.05, 4.69) is 0 Å². The molecule has 0 saturated carbocycles. The molecule has 0 heterocycles. The predicted octanol–water partition coefficient (Wildman–Crippen LogP) is 2.39. The van der Waals surface area contributed by atoms with Gasteiger partial charge in [0.15, 0.2) is 0 Å². The Morgan fingerprint density at radius 1 is 1.38 bits per heavy atom. The van der Waals surface area contributed by atoms with Gasteiger partial charge in [0.2, 0.25) is 0 Å². The molecule has 13 heavy (non-hydrogen) atoms. The van der Waals surface area contributed by atoms with E-state index in [1.54, 1.807) is 0 Å². The SMILES string of the molecule is CCCOC(=O)c1ccc(F)cc1. The Hall–Kier alpha value is -1.38. The molecule has 70 valence electrons. The Morgan fingerprint density at radius 3 is 2.54 bits per heavy atom. The first kappa shape index (κ1) is 9.71. The molecule has 0 aliphatic heterocycles. The van der Waals surface area contributed by atoms with Gasteiger partial charge in [0.25, 0.3) is 0 Å². The van der Waals surface area contributed by atoms with Crippen molar-refractivity contribution in [3.63, 3.8) is 0 Å². The predicted molar refractivity (Wildman–Crippen MR) is 47.0 cm³/mol. The minimum Gasteiger partial charge on any atom is -0.462 e. The van der Waals surface area contributed by atoms with Crippen molar-refractivity contribution in [2.45, 2.75) is 13.3 Å². The van der Waals surface area contributed by atoms with Crippen LogP contribution in [-0.4, -0.2) is 12.6 Å². The van der Waals surface area contributed by atoms with Gasteiger partial charge in [0.1, 0.15) is 5.82 Å². The van der Waals surface area contributed by atoms with Gasteiger partial charge in [-0.05, 0) is 30.7 Å². The van der Waals surface area contributed by atoms with E-state index in [4.69, 9.17) is 4.74 Å². The standard InChI is InChI=1S/C10H11FO2/c1-2-7-13-10(12)8-3-5-9(11)6-4-8/h3-6H,2,7H2,1H3. The number of carbonyl (C=O) groups excluding carboxylic acids is 1. The molecule has 1 aromatic carbocycles. The molecule has 0 amide bonds. The van der Waals surface area contributed by atoms with Gasteiger partial charge in [0.05, 0.1) is 12.2 Å². The Balaban J connectivity index is 2.61. The molecular weight excluding hydrogens is 171 g/mol. The molecule has 0 spiro atoms. The lowest BCUT2D eigenvalue weighted by atomic mass is 10.2. The molecule has 3 heteroatoms. The third-order valence-electron chi connectivity index (χ3n) is 1.52. The molecule has 1 rings (SSSR count). The van der Waals surface area contributed by atoms with Crippen molar-refractivity contribution in [2.75, 3.05) is 6.61 Å². The lowest BCUT2D eigenvalue weighted by molar-refractivity contribution is 0.0505. The summed E-state index contributed by atoms with van der Waals surface area (Å²) in [5.41, 5.74) is 0.384. The maximum absolute atomic E-state index is 12.4. The van der Waals surface area contributed by atoms with Crippen molar-refractivity contribution in [2.24, 2.45) is 0 Å². The number of hydrogen-bond donors (Lipinski definition) is 0. The van der Waals surface area contributed by atoms with Gasteiger partial charge in [-0.25, -0.2) is 9.18 Å². The fraction of sp³-hybridized carbons (Fsp3) is 0.300. The molecule has 0 bridgehead atoms. The van der Waals surface area contributed by atoms with Crippen molar-refractivity contribution in [1.29, 1.82) is 0 Å². The minimum atomic E-state index is -0.401. The molecule has 2 nitrogen and oxygen atoms in total. The number of halogens is 1. The van der Waals surface area contributed by atoms with Crippen LogP contribution in [0.2, 0.25) is 0 Å². The molecule has 0 N–H and O–H groups in total. The molecule has 1 aromatic rings. The highest BCUT2D eigenvalue weighted by atomic mass is 19.1. The highest BCUT2D eigenvalue weighted by molar-refractivity contribution is 5.89. The van der Waals surface area contributed by atoms with Crippen LogP contribution >= 0.6 is 0 Å². The summed E-state index contributed by atoms with van der Waals surface area (Å²) in [6, 6.07) is 5.30. The summed E-state index contributed by atoms with van der Waals surface area (Å²) in [7, 11) is 0. The Labute approximate surface area is 76.3 Å². The lowest BCUT2D eigenvalue weighted by Crippen LogP contribution is -2.05. The van der Waals surface area contributed by atoms with E-state index >= 15 is 0 Å². The largest absolute Gasteiger partial charge is 0.462 e. The second-order valence-corrected chi connectivity index (χ2v) is 2.64. The van der Waals surface area contributed by atoms with Crippen molar-refractivity contribution in [3.05, 3.63) is 35.6 Å². The highest BCUT2D eigenvalue weighted by Gasteiger charge is 2.05. The highest BCUT2D eigenvalue weighted by Crippen LogP contribution is 2.04. The summed E-state index contributed by atoms with van der Waals surface area (Å²) >= 11 is 0. The van der Waals surface area contributed by atoms with Crippen LogP contribution in [0.3, 0.4) is 0 Å². The van der Waals surface area contributed by atoms with Gasteiger partial charge in [0, 0.05) is 0 Å². The molecular formula is C10H11FO2. The van der Waals surface area contributed by atoms with Crippen LogP contribution in [0.25, 0.3) is 0 Å². The van der Waals surface area contributed by atoms with E-state index in [0.29, 0.717) is 12.2 Å². The van der Waals surface area contributed by atoms with Gasteiger partial charge in [-0.1, -0.05) is 6.92 Å². The van der Waals surface area contributed by atoms with Gasteiger partial charge < -0.3 is 4.74 Å². The number of ether oxygens (including phenoxy) is 1. The first-order valence-corrected chi connectivity index (χ1v) is 4.16. The summed E-state index contributed by atoms with van der Waals surface area (Å²) in [5, 5.41) is 0. The summed E-state index contributed by atoms with van der Waals surface area (Å²) in [6.45, 7) is 2.31. The maximum Gasteiger partial charge on any atom is 0.338 e. The van der Waals surface area contributed by atoms with Crippen molar-refractivity contribution in [1.82, 2.24) is 0 Å². The quantitative estimate of drug-likeness (QED) is 0.671. The number of carbonyl (C=O) groups is 1. The fourth-order valence-electron chi connectivity index (χ4n) is 0.864. The van der Waals surface area contributed by atoms with Gasteiger partial charge in [-0.2, -0.15) is 0 Å². The molecule has 0 radical (unpaired) electrons. The molecule has 0 aromatic heterocycles. The van der Waals surface area contributed by atoms with E-state index in [1.165, 1.54) is 24.3 Å². The van der Waals surface area contributed by atoms with Gasteiger partial charge in [-0.3, -0.25) is 0 Å². The first-order valence-electron chi connectivity index (χ1n) is 4.16. The van der Waals surface area contributed by atoms with Crippen LogP contribution in [0.4, 0.5) is 4.39 Å². The van der Waals surface area contributed by atoms with Crippen LogP contribution in [0.15, 0.2) is 24.3 Å². The molecule has 0 atom stereocenters. The fourth-order valence-corrected chi connectivity index (χ4v) is 0.864. The average molecular weight is 182 g/mol. The van der Waals surface area contributed by atoms with E-state index in [0.717, 1.165) is 6.42 Å². The number of hydrogen-bond acceptors (Lipinski definition) is 2. The van der Waals surface area contributed by atoms with E-state index in [1.807, 2.05) is 6.92 Å². The van der Waals surface area contributed by atoms with Crippen LogP contribution in [0, 0.1) is 5.82 Å². The number of esters is 1. The van der Waals surface area contributed by atoms with Crippen molar-refractivity contribution in [3.8, 4) is 0 Å². The Bertz CT molecular complexity index is 279. The Morgan fingerprint density at radius 2 is 2.00 bits per heavy atom. The molecule has 0 aliphatic carbocycles. The molecule has 0 fully saturated rings. The third-order valence-corrected chi connectivity index (χ3v) is 1.52. The summed E-state index contributed by atoms with van der Waals surface area (Å²) in [6.07, 6.45) is 0.785. The normalized spacial score (nSPS) is 9.69. The van der Waals surface area contributed by atoms with Crippen molar-refractivity contribution >= 4 is 5.97 Å². The van der Waals surface area contributed by atoms with Crippen molar-refractivity contribution < 1.29 is 13.9 Å². The van der Waals surface area contributed by atoms with Crippen LogP contribution in [0.1, 0.15) is 23.7 Å². The maximum atomic E-state index is 12.4. The van der Waals surface area contributed by atoms with E-state index in [-0.39, 0.29) is 5.82 Å². The van der Waals surface area contributed by atoms with Crippen LogP contribution < -0.4 is 0 Å². The summed E-state index contributed by atoms with van der Waals surface area (Å²) < 4.78 is 17.3. The smallest absolute Gasteiger partial charge is 0.338 e. The first-order chi connectivity index (χ1) is 6.24. The summed E-state index contributed by atoms with van der Waals surface area (Å²) in [5.74, 6) is -0.756. The second-order valence-electron chi connectivity index (χ2n) is 2.64. The molecule has 0 unspecified atom stereocenters. The molecule has 0 aliphatic rings. The molecule has 0 saturated heterocycles.